The van der Waals surface area contributed by atoms with Gasteiger partial charge in [0.05, 0.1) is 19.0 Å². The summed E-state index contributed by atoms with van der Waals surface area (Å²) < 4.78 is 101. The van der Waals surface area contributed by atoms with Crippen molar-refractivity contribution in [2.75, 3.05) is 18.6 Å². The lowest BCUT2D eigenvalue weighted by molar-refractivity contribution is -0.141. The molecule has 0 spiro atoms. The fraction of sp³-hybridized carbons (Fsp3) is 0.259. The number of amides is 1. The van der Waals surface area contributed by atoms with Crippen LogP contribution in [-0.4, -0.2) is 45.7 Å². The van der Waals surface area contributed by atoms with E-state index >= 15 is 0 Å². The SMILES string of the molecule is COc1cc(-c2cn(C3CCc4c(F)cccc4N(CC(F)(F)F)C3=O)nn2)ccc1-c1ccnc(C(F)(F)F)c1. The molecule has 1 atom stereocenters. The van der Waals surface area contributed by atoms with E-state index in [-0.39, 0.29) is 41.1 Å². The number of nitrogens with zero attached hydrogens (tertiary/aromatic N) is 5. The van der Waals surface area contributed by atoms with Gasteiger partial charge in [0.25, 0.3) is 5.91 Å². The Hall–Kier alpha value is -4.49. The number of pyridine rings is 1. The third-order valence-electron chi connectivity index (χ3n) is 6.63. The van der Waals surface area contributed by atoms with Gasteiger partial charge in [0.1, 0.15) is 35.5 Å². The van der Waals surface area contributed by atoms with E-state index in [1.54, 1.807) is 6.07 Å². The highest BCUT2D eigenvalue weighted by Crippen LogP contribution is 2.38. The van der Waals surface area contributed by atoms with Gasteiger partial charge >= 0.3 is 12.4 Å². The summed E-state index contributed by atoms with van der Waals surface area (Å²) in [6, 6.07) is 9.29. The van der Waals surface area contributed by atoms with Crippen molar-refractivity contribution in [1.29, 1.82) is 0 Å². The van der Waals surface area contributed by atoms with Crippen LogP contribution in [0.3, 0.4) is 0 Å². The number of hydrogen-bond acceptors (Lipinski definition) is 5. The van der Waals surface area contributed by atoms with Gasteiger partial charge in [0.15, 0.2) is 0 Å². The number of ether oxygens (including phenoxy) is 1. The van der Waals surface area contributed by atoms with Gasteiger partial charge in [-0.2, -0.15) is 26.3 Å². The van der Waals surface area contributed by atoms with Gasteiger partial charge in [-0.3, -0.25) is 9.78 Å². The molecule has 2 aromatic carbocycles. The summed E-state index contributed by atoms with van der Waals surface area (Å²) in [5.74, 6) is -1.43. The molecule has 1 aliphatic heterocycles. The molecule has 214 valence electrons. The molecule has 3 heterocycles. The zero-order chi connectivity index (χ0) is 29.5. The molecule has 14 heteroatoms. The molecule has 4 aromatic rings. The highest BCUT2D eigenvalue weighted by Gasteiger charge is 2.40. The minimum absolute atomic E-state index is 0.00180. The second-order valence-electron chi connectivity index (χ2n) is 9.26. The van der Waals surface area contributed by atoms with Crippen LogP contribution in [0.5, 0.6) is 5.75 Å². The van der Waals surface area contributed by atoms with E-state index in [1.807, 2.05) is 0 Å². The minimum atomic E-state index is -4.74. The standard InChI is InChI=1S/C27H20F7N5O2/c1-41-23-11-16(5-6-17(23)15-9-10-35-24(12-15)27(32,33)34)20-13-39(37-36-20)22-8-7-18-19(28)3-2-4-21(18)38(25(22)40)14-26(29,30)31/h2-6,9-13,22H,7-8,14H2,1H3. The van der Waals surface area contributed by atoms with Crippen LogP contribution in [-0.2, 0) is 17.4 Å². The molecule has 0 aliphatic carbocycles. The van der Waals surface area contributed by atoms with E-state index in [0.29, 0.717) is 16.0 Å². The fourth-order valence-electron chi connectivity index (χ4n) is 4.74. The Morgan fingerprint density at radius 2 is 1.80 bits per heavy atom. The number of benzene rings is 2. The summed E-state index contributed by atoms with van der Waals surface area (Å²) in [7, 11) is 1.33. The van der Waals surface area contributed by atoms with Crippen molar-refractivity contribution in [3.8, 4) is 28.1 Å². The number of halogens is 7. The second kappa shape index (κ2) is 10.5. The molecular formula is C27H20F7N5O2. The van der Waals surface area contributed by atoms with E-state index in [1.165, 1.54) is 43.6 Å². The number of hydrogen-bond donors (Lipinski definition) is 0. The second-order valence-corrected chi connectivity index (χ2v) is 9.26. The number of alkyl halides is 6. The Balaban J connectivity index is 1.47. The summed E-state index contributed by atoms with van der Waals surface area (Å²) >= 11 is 0. The van der Waals surface area contributed by atoms with Gasteiger partial charge in [0.2, 0.25) is 0 Å². The van der Waals surface area contributed by atoms with Crippen LogP contribution in [0.15, 0.2) is 60.9 Å². The normalized spacial score (nSPS) is 16.0. The zero-order valence-electron chi connectivity index (χ0n) is 21.2. The summed E-state index contributed by atoms with van der Waals surface area (Å²) in [6.45, 7) is -1.61. The van der Waals surface area contributed by atoms with Crippen LogP contribution >= 0.6 is 0 Å². The predicted molar refractivity (Wildman–Crippen MR) is 132 cm³/mol. The van der Waals surface area contributed by atoms with Gasteiger partial charge in [0, 0.05) is 22.9 Å². The molecular weight excluding hydrogens is 559 g/mol. The van der Waals surface area contributed by atoms with Crippen LogP contribution in [0.1, 0.15) is 23.7 Å². The first-order valence-electron chi connectivity index (χ1n) is 12.1. The van der Waals surface area contributed by atoms with Crippen molar-refractivity contribution in [1.82, 2.24) is 20.0 Å². The lowest BCUT2D eigenvalue weighted by Gasteiger charge is -2.26. The van der Waals surface area contributed by atoms with Crippen LogP contribution in [0.25, 0.3) is 22.4 Å². The Morgan fingerprint density at radius 3 is 2.51 bits per heavy atom. The minimum Gasteiger partial charge on any atom is -0.496 e. The van der Waals surface area contributed by atoms with E-state index < -0.39 is 42.4 Å². The molecule has 0 N–H and O–H groups in total. The summed E-state index contributed by atoms with van der Waals surface area (Å²) in [5.41, 5.74) is -0.0247. The number of fused-ring (bicyclic) bond motifs is 1. The van der Waals surface area contributed by atoms with Gasteiger partial charge in [-0.15, -0.1) is 5.10 Å². The molecule has 7 nitrogen and oxygen atoms in total. The van der Waals surface area contributed by atoms with Crippen LogP contribution in [0, 0.1) is 5.82 Å². The Morgan fingerprint density at radius 1 is 1.02 bits per heavy atom. The summed E-state index contributed by atoms with van der Waals surface area (Å²) in [5, 5.41) is 8.02. The Labute approximate surface area is 228 Å². The molecule has 1 amide bonds. The van der Waals surface area contributed by atoms with Crippen LogP contribution < -0.4 is 9.64 Å². The Kier molecular flexibility index (Phi) is 7.17. The van der Waals surface area contributed by atoms with E-state index in [0.717, 1.165) is 23.0 Å². The average Bonchev–Trinajstić information content (AvgIpc) is 3.36. The van der Waals surface area contributed by atoms with Crippen molar-refractivity contribution >= 4 is 11.6 Å². The van der Waals surface area contributed by atoms with Crippen molar-refractivity contribution in [3.05, 3.63) is 78.0 Å². The van der Waals surface area contributed by atoms with Crippen molar-refractivity contribution in [3.63, 3.8) is 0 Å². The average molecular weight is 579 g/mol. The maximum Gasteiger partial charge on any atom is 0.433 e. The molecule has 5 rings (SSSR count). The van der Waals surface area contributed by atoms with E-state index in [9.17, 15) is 35.5 Å². The lowest BCUT2D eigenvalue weighted by Crippen LogP contribution is -2.42. The first kappa shape index (κ1) is 28.1. The van der Waals surface area contributed by atoms with Crippen LogP contribution in [0.4, 0.5) is 36.4 Å². The van der Waals surface area contributed by atoms with Gasteiger partial charge in [-0.1, -0.05) is 17.3 Å². The molecule has 0 radical (unpaired) electrons. The third kappa shape index (κ3) is 5.72. The zero-order valence-corrected chi connectivity index (χ0v) is 21.2. The maximum atomic E-state index is 14.5. The number of carbonyl (C=O) groups is 1. The van der Waals surface area contributed by atoms with Crippen molar-refractivity contribution in [2.45, 2.75) is 31.2 Å². The van der Waals surface area contributed by atoms with E-state index in [4.69, 9.17) is 4.74 Å². The predicted octanol–water partition coefficient (Wildman–Crippen LogP) is 6.26. The maximum absolute atomic E-state index is 14.5. The largest absolute Gasteiger partial charge is 0.496 e. The van der Waals surface area contributed by atoms with Gasteiger partial charge < -0.3 is 9.64 Å². The highest BCUT2D eigenvalue weighted by atomic mass is 19.4. The molecule has 0 bridgehead atoms. The number of aromatic nitrogens is 4. The quantitative estimate of drug-likeness (QED) is 0.261. The first-order valence-corrected chi connectivity index (χ1v) is 12.1. The Bertz CT molecular complexity index is 1600. The van der Waals surface area contributed by atoms with E-state index in [2.05, 4.69) is 15.3 Å². The highest BCUT2D eigenvalue weighted by molar-refractivity contribution is 5.97. The topological polar surface area (TPSA) is 73.1 Å². The number of rotatable bonds is 5. The number of anilines is 1. The smallest absolute Gasteiger partial charge is 0.433 e. The molecule has 0 fully saturated rings. The molecule has 1 aliphatic rings. The summed E-state index contributed by atoms with van der Waals surface area (Å²) in [6.07, 6.45) is -7.03. The summed E-state index contributed by atoms with van der Waals surface area (Å²) in [4.78, 5) is 17.2. The monoisotopic (exact) mass is 579 g/mol. The van der Waals surface area contributed by atoms with Crippen molar-refractivity contribution < 1.29 is 40.3 Å². The molecule has 1 unspecified atom stereocenters. The van der Waals surface area contributed by atoms with Gasteiger partial charge in [-0.25, -0.2) is 9.07 Å². The number of methoxy groups -OCH3 is 1. The fourth-order valence-corrected chi connectivity index (χ4v) is 4.74. The molecule has 0 saturated carbocycles. The molecule has 2 aromatic heterocycles. The van der Waals surface area contributed by atoms with Crippen LogP contribution in [0.2, 0.25) is 0 Å². The third-order valence-corrected chi connectivity index (χ3v) is 6.63. The molecule has 0 saturated heterocycles. The van der Waals surface area contributed by atoms with Gasteiger partial charge in [-0.05, 0) is 54.8 Å². The first-order chi connectivity index (χ1) is 19.4. The van der Waals surface area contributed by atoms with Crippen molar-refractivity contribution in [2.24, 2.45) is 0 Å². The lowest BCUT2D eigenvalue weighted by atomic mass is 10.0. The molecule has 41 heavy (non-hydrogen) atoms. The number of carbonyl (C=O) groups excluding carboxylic acids is 1.